The smallest absolute Gasteiger partial charge is 0.236 e. The lowest BCUT2D eigenvalue weighted by Gasteiger charge is -2.24. The summed E-state index contributed by atoms with van der Waals surface area (Å²) in [6, 6.07) is 2.09. The van der Waals surface area contributed by atoms with E-state index in [4.69, 9.17) is 9.72 Å². The number of anilines is 1. The zero-order valence-electron chi connectivity index (χ0n) is 16.1. The molecule has 0 amide bonds. The van der Waals surface area contributed by atoms with Gasteiger partial charge in [-0.1, -0.05) is 25.7 Å². The maximum Gasteiger partial charge on any atom is 0.236 e. The molecule has 2 aromatic rings. The largest absolute Gasteiger partial charge is 0.474 e. The van der Waals surface area contributed by atoms with E-state index in [9.17, 15) is 0 Å². The van der Waals surface area contributed by atoms with Crippen molar-refractivity contribution in [3.63, 3.8) is 0 Å². The highest BCUT2D eigenvalue weighted by atomic mass is 32.2. The fourth-order valence-electron chi connectivity index (χ4n) is 4.07. The highest BCUT2D eigenvalue weighted by Gasteiger charge is 2.21. The molecule has 7 heteroatoms. The summed E-state index contributed by atoms with van der Waals surface area (Å²) in [5.41, 5.74) is 1.13. The van der Waals surface area contributed by atoms with Crippen LogP contribution in [-0.4, -0.2) is 25.9 Å². The minimum Gasteiger partial charge on any atom is -0.474 e. The van der Waals surface area contributed by atoms with E-state index in [1.807, 2.05) is 19.4 Å². The highest BCUT2D eigenvalue weighted by molar-refractivity contribution is 8.00. The number of rotatable bonds is 6. The summed E-state index contributed by atoms with van der Waals surface area (Å²) in [5, 5.41) is 4.21. The summed E-state index contributed by atoms with van der Waals surface area (Å²) >= 11 is 1.49. The summed E-state index contributed by atoms with van der Waals surface area (Å²) < 4.78 is 11.4. The second-order valence-electron chi connectivity index (χ2n) is 7.72. The van der Waals surface area contributed by atoms with Crippen LogP contribution in [0.15, 0.2) is 23.4 Å². The standard InChI is InChI=1S/C20H29N5OS/c1-25-14-17(13-21-25)27-24-20-22-18(15-8-4-2-5-9-15)12-19(23-20)26-16-10-6-3-7-11-16/h12-16H,2-11H2,1H3,(H,22,23,24). The van der Waals surface area contributed by atoms with Crippen molar-refractivity contribution in [3.8, 4) is 5.88 Å². The molecule has 2 aromatic heterocycles. The Kier molecular flexibility index (Phi) is 6.17. The van der Waals surface area contributed by atoms with Gasteiger partial charge in [-0.15, -0.1) is 0 Å². The molecule has 0 radical (unpaired) electrons. The highest BCUT2D eigenvalue weighted by Crippen LogP contribution is 2.34. The van der Waals surface area contributed by atoms with Crippen molar-refractivity contribution in [3.05, 3.63) is 24.2 Å². The van der Waals surface area contributed by atoms with Crippen LogP contribution < -0.4 is 9.46 Å². The molecule has 1 N–H and O–H groups in total. The summed E-state index contributed by atoms with van der Waals surface area (Å²) in [6.45, 7) is 0. The lowest BCUT2D eigenvalue weighted by molar-refractivity contribution is 0.148. The number of nitrogens with zero attached hydrogens (tertiary/aromatic N) is 4. The zero-order chi connectivity index (χ0) is 18.5. The van der Waals surface area contributed by atoms with Crippen LogP contribution in [0.2, 0.25) is 0 Å². The van der Waals surface area contributed by atoms with E-state index in [2.05, 4.69) is 20.9 Å². The molecule has 27 heavy (non-hydrogen) atoms. The first kappa shape index (κ1) is 18.6. The predicted molar refractivity (Wildman–Crippen MR) is 108 cm³/mol. The number of hydrogen-bond acceptors (Lipinski definition) is 6. The number of aromatic nitrogens is 4. The first-order valence-electron chi connectivity index (χ1n) is 10.2. The fourth-order valence-corrected chi connectivity index (χ4v) is 4.67. The van der Waals surface area contributed by atoms with Crippen molar-refractivity contribution < 1.29 is 4.74 Å². The van der Waals surface area contributed by atoms with Gasteiger partial charge in [0, 0.05) is 25.2 Å². The third kappa shape index (κ3) is 5.15. The van der Waals surface area contributed by atoms with Crippen molar-refractivity contribution in [2.45, 2.75) is 81.1 Å². The van der Waals surface area contributed by atoms with Gasteiger partial charge in [-0.25, -0.2) is 4.98 Å². The summed E-state index contributed by atoms with van der Waals surface area (Å²) in [7, 11) is 1.92. The fraction of sp³-hybridized carbons (Fsp3) is 0.650. The summed E-state index contributed by atoms with van der Waals surface area (Å²) in [6.07, 6.45) is 16.6. The second kappa shape index (κ2) is 8.95. The predicted octanol–water partition coefficient (Wildman–Crippen LogP) is 5.09. The number of ether oxygens (including phenoxy) is 1. The molecule has 4 rings (SSSR count). The first-order valence-corrected chi connectivity index (χ1v) is 11.0. The SMILES string of the molecule is Cn1cc(SNc2nc(OC3CCCCC3)cc(C3CCCCC3)n2)cn1. The molecular weight excluding hydrogens is 358 g/mol. The van der Waals surface area contributed by atoms with E-state index in [1.54, 1.807) is 4.68 Å². The van der Waals surface area contributed by atoms with E-state index in [-0.39, 0.29) is 0 Å². The monoisotopic (exact) mass is 387 g/mol. The first-order chi connectivity index (χ1) is 13.3. The summed E-state index contributed by atoms with van der Waals surface area (Å²) in [4.78, 5) is 10.5. The molecule has 0 spiro atoms. The van der Waals surface area contributed by atoms with Gasteiger partial charge in [0.1, 0.15) is 6.10 Å². The Morgan fingerprint density at radius 2 is 1.78 bits per heavy atom. The second-order valence-corrected chi connectivity index (χ2v) is 8.60. The van der Waals surface area contributed by atoms with Gasteiger partial charge in [-0.05, 0) is 50.5 Å². The molecule has 0 bridgehead atoms. The van der Waals surface area contributed by atoms with Gasteiger partial charge in [-0.3, -0.25) is 9.40 Å². The van der Waals surface area contributed by atoms with Crippen LogP contribution in [0.3, 0.4) is 0 Å². The molecule has 6 nitrogen and oxygen atoms in total. The van der Waals surface area contributed by atoms with Crippen LogP contribution >= 0.6 is 11.9 Å². The quantitative estimate of drug-likeness (QED) is 0.697. The Bertz CT molecular complexity index is 738. The number of aryl methyl sites for hydroxylation is 1. The van der Waals surface area contributed by atoms with Crippen molar-refractivity contribution in [1.82, 2.24) is 19.7 Å². The Morgan fingerprint density at radius 1 is 1.04 bits per heavy atom. The minimum absolute atomic E-state index is 0.298. The van der Waals surface area contributed by atoms with Crippen LogP contribution in [0.1, 0.15) is 75.8 Å². The number of nitrogens with one attached hydrogen (secondary N) is 1. The zero-order valence-corrected chi connectivity index (χ0v) is 16.9. The van der Waals surface area contributed by atoms with Crippen LogP contribution in [-0.2, 0) is 7.05 Å². The van der Waals surface area contributed by atoms with Crippen molar-refractivity contribution >= 4 is 17.9 Å². The van der Waals surface area contributed by atoms with Gasteiger partial charge in [-0.2, -0.15) is 10.1 Å². The molecule has 2 heterocycles. The van der Waals surface area contributed by atoms with Crippen molar-refractivity contribution in [2.75, 3.05) is 4.72 Å². The molecular formula is C20H29N5OS. The van der Waals surface area contributed by atoms with Crippen molar-refractivity contribution in [1.29, 1.82) is 0 Å². The van der Waals surface area contributed by atoms with E-state index >= 15 is 0 Å². The average Bonchev–Trinajstić information content (AvgIpc) is 3.13. The molecule has 0 aromatic carbocycles. The lowest BCUT2D eigenvalue weighted by Crippen LogP contribution is -2.21. The molecule has 146 valence electrons. The normalized spacial score (nSPS) is 19.1. The topological polar surface area (TPSA) is 64.9 Å². The molecule has 0 aliphatic heterocycles. The molecule has 2 aliphatic carbocycles. The van der Waals surface area contributed by atoms with Gasteiger partial charge in [0.2, 0.25) is 11.8 Å². The minimum atomic E-state index is 0.298. The Labute approximate surface area is 165 Å². The molecule has 2 aliphatic rings. The van der Waals surface area contributed by atoms with E-state index in [1.165, 1.54) is 63.3 Å². The van der Waals surface area contributed by atoms with Crippen molar-refractivity contribution in [2.24, 2.45) is 7.05 Å². The molecule has 0 atom stereocenters. The lowest BCUT2D eigenvalue weighted by atomic mass is 9.87. The van der Waals surface area contributed by atoms with E-state index in [0.29, 0.717) is 18.0 Å². The van der Waals surface area contributed by atoms with Crippen LogP contribution in [0, 0.1) is 0 Å². The third-order valence-corrected chi connectivity index (χ3v) is 6.26. The maximum absolute atomic E-state index is 6.27. The van der Waals surface area contributed by atoms with Gasteiger partial charge < -0.3 is 4.74 Å². The summed E-state index contributed by atoms with van der Waals surface area (Å²) in [5.74, 6) is 1.89. The van der Waals surface area contributed by atoms with Gasteiger partial charge in [0.05, 0.1) is 16.8 Å². The van der Waals surface area contributed by atoms with E-state index < -0.39 is 0 Å². The van der Waals surface area contributed by atoms with Crippen LogP contribution in [0.25, 0.3) is 0 Å². The molecule has 0 unspecified atom stereocenters. The third-order valence-electron chi connectivity index (χ3n) is 5.53. The average molecular weight is 388 g/mol. The van der Waals surface area contributed by atoms with Gasteiger partial charge in [0.15, 0.2) is 0 Å². The Balaban J connectivity index is 1.51. The maximum atomic E-state index is 6.27. The Hall–Kier alpha value is -1.76. The van der Waals surface area contributed by atoms with E-state index in [0.717, 1.165) is 29.3 Å². The Morgan fingerprint density at radius 3 is 2.48 bits per heavy atom. The van der Waals surface area contributed by atoms with Crippen LogP contribution in [0.5, 0.6) is 5.88 Å². The van der Waals surface area contributed by atoms with Gasteiger partial charge >= 0.3 is 0 Å². The molecule has 2 saturated carbocycles. The molecule has 2 fully saturated rings. The molecule has 0 saturated heterocycles. The number of hydrogen-bond donors (Lipinski definition) is 1. The van der Waals surface area contributed by atoms with Gasteiger partial charge in [0.25, 0.3) is 0 Å². The van der Waals surface area contributed by atoms with Crippen LogP contribution in [0.4, 0.5) is 5.95 Å².